The summed E-state index contributed by atoms with van der Waals surface area (Å²) in [5.41, 5.74) is 7.22. The van der Waals surface area contributed by atoms with Crippen molar-refractivity contribution < 1.29 is 4.74 Å². The highest BCUT2D eigenvalue weighted by atomic mass is 79.9. The van der Waals surface area contributed by atoms with Gasteiger partial charge in [0.05, 0.1) is 5.60 Å². The van der Waals surface area contributed by atoms with Crippen LogP contribution >= 0.6 is 15.9 Å². The molecular formula is C13H20BrNO. The van der Waals surface area contributed by atoms with Crippen molar-refractivity contribution in [3.05, 3.63) is 34.3 Å². The fourth-order valence-corrected chi connectivity index (χ4v) is 1.93. The van der Waals surface area contributed by atoms with E-state index in [0.29, 0.717) is 0 Å². The van der Waals surface area contributed by atoms with Gasteiger partial charge in [-0.05, 0) is 44.4 Å². The quantitative estimate of drug-likeness (QED) is 0.896. The molecule has 0 heterocycles. The second kappa shape index (κ2) is 5.80. The van der Waals surface area contributed by atoms with Crippen LogP contribution in [0.15, 0.2) is 28.7 Å². The Kier molecular flexibility index (Phi) is 4.96. The van der Waals surface area contributed by atoms with Crippen molar-refractivity contribution in [3.63, 3.8) is 0 Å². The topological polar surface area (TPSA) is 35.2 Å². The van der Waals surface area contributed by atoms with Gasteiger partial charge in [-0.3, -0.25) is 0 Å². The van der Waals surface area contributed by atoms with Crippen molar-refractivity contribution >= 4 is 15.9 Å². The highest BCUT2D eigenvalue weighted by Crippen LogP contribution is 2.24. The van der Waals surface area contributed by atoms with E-state index in [4.69, 9.17) is 10.5 Å². The second-order valence-corrected chi connectivity index (χ2v) is 5.58. The lowest BCUT2D eigenvalue weighted by molar-refractivity contribution is 0.0125. The average molecular weight is 286 g/mol. The van der Waals surface area contributed by atoms with Crippen LogP contribution in [0.25, 0.3) is 0 Å². The highest BCUT2D eigenvalue weighted by Gasteiger charge is 2.18. The first kappa shape index (κ1) is 13.7. The molecule has 0 saturated carbocycles. The fourth-order valence-electron chi connectivity index (χ4n) is 1.51. The molecule has 2 nitrogen and oxygen atoms in total. The molecule has 0 spiro atoms. The van der Waals surface area contributed by atoms with E-state index >= 15 is 0 Å². The third-order valence-corrected chi connectivity index (χ3v) is 3.38. The fraction of sp³-hybridized carbons (Fsp3) is 0.538. The standard InChI is InChI=1S/C13H20BrNO/c1-13(2,16-3)8-7-12(15)10-5-4-6-11(14)9-10/h4-6,9,12H,7-8,15H2,1-3H3. The first-order valence-corrected chi connectivity index (χ1v) is 6.30. The third kappa shape index (κ3) is 4.24. The zero-order valence-corrected chi connectivity index (χ0v) is 11.8. The van der Waals surface area contributed by atoms with Crippen molar-refractivity contribution in [2.45, 2.75) is 38.3 Å². The number of methoxy groups -OCH3 is 1. The van der Waals surface area contributed by atoms with Crippen molar-refractivity contribution in [2.75, 3.05) is 7.11 Å². The molecule has 2 N–H and O–H groups in total. The van der Waals surface area contributed by atoms with Crippen LogP contribution < -0.4 is 5.73 Å². The van der Waals surface area contributed by atoms with Crippen LogP contribution in [-0.4, -0.2) is 12.7 Å². The Balaban J connectivity index is 2.56. The Morgan fingerprint density at radius 1 is 1.44 bits per heavy atom. The van der Waals surface area contributed by atoms with Gasteiger partial charge >= 0.3 is 0 Å². The molecule has 0 aliphatic rings. The summed E-state index contributed by atoms with van der Waals surface area (Å²) in [4.78, 5) is 0. The Labute approximate surface area is 106 Å². The molecule has 1 atom stereocenters. The molecule has 1 rings (SSSR count). The van der Waals surface area contributed by atoms with Crippen LogP contribution in [-0.2, 0) is 4.74 Å². The van der Waals surface area contributed by atoms with E-state index in [2.05, 4.69) is 41.9 Å². The average Bonchev–Trinajstić information content (AvgIpc) is 2.26. The van der Waals surface area contributed by atoms with Gasteiger partial charge in [-0.25, -0.2) is 0 Å². The maximum Gasteiger partial charge on any atom is 0.0623 e. The van der Waals surface area contributed by atoms with Crippen LogP contribution in [0.4, 0.5) is 0 Å². The number of hydrogen-bond acceptors (Lipinski definition) is 2. The summed E-state index contributed by atoms with van der Waals surface area (Å²) in [6.45, 7) is 4.17. The Hall–Kier alpha value is -0.380. The minimum atomic E-state index is -0.0936. The summed E-state index contributed by atoms with van der Waals surface area (Å²) in [6.07, 6.45) is 1.88. The summed E-state index contributed by atoms with van der Waals surface area (Å²) in [6, 6.07) is 8.24. The van der Waals surface area contributed by atoms with Gasteiger partial charge in [-0.2, -0.15) is 0 Å². The van der Waals surface area contributed by atoms with Gasteiger partial charge in [-0.15, -0.1) is 0 Å². The molecule has 0 aromatic heterocycles. The lowest BCUT2D eigenvalue weighted by Gasteiger charge is -2.24. The first-order chi connectivity index (χ1) is 7.44. The Morgan fingerprint density at radius 3 is 2.69 bits per heavy atom. The van der Waals surface area contributed by atoms with Gasteiger partial charge in [0.15, 0.2) is 0 Å². The largest absolute Gasteiger partial charge is 0.379 e. The summed E-state index contributed by atoms with van der Waals surface area (Å²) in [5, 5.41) is 0. The van der Waals surface area contributed by atoms with Gasteiger partial charge in [0.25, 0.3) is 0 Å². The van der Waals surface area contributed by atoms with E-state index in [0.717, 1.165) is 17.3 Å². The van der Waals surface area contributed by atoms with Gasteiger partial charge in [0.1, 0.15) is 0 Å². The van der Waals surface area contributed by atoms with E-state index in [1.54, 1.807) is 7.11 Å². The lowest BCUT2D eigenvalue weighted by atomic mass is 9.95. The number of rotatable bonds is 5. The Morgan fingerprint density at radius 2 is 2.12 bits per heavy atom. The molecule has 1 aromatic rings. The number of ether oxygens (including phenoxy) is 1. The smallest absolute Gasteiger partial charge is 0.0623 e. The number of nitrogens with two attached hydrogens (primary N) is 1. The predicted octanol–water partition coefficient (Wildman–Crippen LogP) is 3.65. The monoisotopic (exact) mass is 285 g/mol. The van der Waals surface area contributed by atoms with E-state index in [1.165, 1.54) is 5.56 Å². The normalized spacial score (nSPS) is 13.8. The van der Waals surface area contributed by atoms with Crippen molar-refractivity contribution in [1.29, 1.82) is 0 Å². The van der Waals surface area contributed by atoms with Gasteiger partial charge in [-0.1, -0.05) is 28.1 Å². The molecule has 0 radical (unpaired) electrons. The van der Waals surface area contributed by atoms with Crippen LogP contribution in [0.3, 0.4) is 0 Å². The second-order valence-electron chi connectivity index (χ2n) is 4.66. The number of halogens is 1. The zero-order chi connectivity index (χ0) is 12.2. The van der Waals surface area contributed by atoms with Crippen LogP contribution in [0.5, 0.6) is 0 Å². The molecule has 1 aromatic carbocycles. The van der Waals surface area contributed by atoms with Gasteiger partial charge in [0.2, 0.25) is 0 Å². The van der Waals surface area contributed by atoms with E-state index in [1.807, 2.05) is 12.1 Å². The van der Waals surface area contributed by atoms with Gasteiger partial charge < -0.3 is 10.5 Å². The lowest BCUT2D eigenvalue weighted by Crippen LogP contribution is -2.24. The van der Waals surface area contributed by atoms with E-state index < -0.39 is 0 Å². The van der Waals surface area contributed by atoms with Crippen molar-refractivity contribution in [2.24, 2.45) is 5.73 Å². The minimum Gasteiger partial charge on any atom is -0.379 e. The predicted molar refractivity (Wildman–Crippen MR) is 71.4 cm³/mol. The van der Waals surface area contributed by atoms with Gasteiger partial charge in [0, 0.05) is 17.6 Å². The maximum atomic E-state index is 6.15. The molecule has 0 saturated heterocycles. The van der Waals surface area contributed by atoms with Crippen LogP contribution in [0.2, 0.25) is 0 Å². The first-order valence-electron chi connectivity index (χ1n) is 5.51. The molecule has 0 bridgehead atoms. The minimum absolute atomic E-state index is 0.0759. The number of benzene rings is 1. The molecule has 16 heavy (non-hydrogen) atoms. The molecule has 0 amide bonds. The summed E-state index contributed by atoms with van der Waals surface area (Å²) in [5.74, 6) is 0. The molecular weight excluding hydrogens is 266 g/mol. The molecule has 3 heteroatoms. The highest BCUT2D eigenvalue weighted by molar-refractivity contribution is 9.10. The summed E-state index contributed by atoms with van der Waals surface area (Å²) < 4.78 is 6.46. The molecule has 0 fully saturated rings. The Bertz CT molecular complexity index is 338. The summed E-state index contributed by atoms with van der Waals surface area (Å²) in [7, 11) is 1.74. The molecule has 0 aliphatic carbocycles. The van der Waals surface area contributed by atoms with Crippen LogP contribution in [0, 0.1) is 0 Å². The van der Waals surface area contributed by atoms with Crippen molar-refractivity contribution in [3.8, 4) is 0 Å². The third-order valence-electron chi connectivity index (χ3n) is 2.89. The van der Waals surface area contributed by atoms with E-state index in [-0.39, 0.29) is 11.6 Å². The zero-order valence-electron chi connectivity index (χ0n) is 10.2. The maximum absolute atomic E-state index is 6.15. The molecule has 0 aliphatic heterocycles. The summed E-state index contributed by atoms with van der Waals surface area (Å²) >= 11 is 3.45. The van der Waals surface area contributed by atoms with Crippen LogP contribution in [0.1, 0.15) is 38.3 Å². The van der Waals surface area contributed by atoms with E-state index in [9.17, 15) is 0 Å². The number of hydrogen-bond donors (Lipinski definition) is 1. The molecule has 90 valence electrons. The van der Waals surface area contributed by atoms with Crippen molar-refractivity contribution in [1.82, 2.24) is 0 Å². The SMILES string of the molecule is COC(C)(C)CCC(N)c1cccc(Br)c1. The molecule has 1 unspecified atom stereocenters.